The molecule has 0 spiro atoms. The summed E-state index contributed by atoms with van der Waals surface area (Å²) in [4.78, 5) is 13.5. The third-order valence-electron chi connectivity index (χ3n) is 0.883. The van der Waals surface area contributed by atoms with Crippen LogP contribution in [0.4, 0.5) is 4.79 Å². The molecule has 0 atom stereocenters. The van der Waals surface area contributed by atoms with E-state index < -0.39 is 6.09 Å². The van der Waals surface area contributed by atoms with E-state index in [-0.39, 0.29) is 0 Å². The molecule has 2 N–H and O–H groups in total. The van der Waals surface area contributed by atoms with Crippen LogP contribution in [-0.4, -0.2) is 17.9 Å². The van der Waals surface area contributed by atoms with Crippen molar-refractivity contribution in [2.75, 3.05) is 6.54 Å². The van der Waals surface area contributed by atoms with Gasteiger partial charge < -0.3 is 5.32 Å². The maximum absolute atomic E-state index is 10.1. The number of hydrogen-bond acceptors (Lipinski definition) is 3. The number of unbranched alkanes of at least 4 members (excludes halogenated alkanes) is 1. The molecule has 0 saturated heterocycles. The quantitative estimate of drug-likeness (QED) is 0.343. The van der Waals surface area contributed by atoms with Gasteiger partial charge in [-0.15, -0.1) is 0 Å². The predicted molar refractivity (Wildman–Crippen MR) is 32.0 cm³/mol. The Morgan fingerprint density at radius 1 is 1.78 bits per heavy atom. The Morgan fingerprint density at radius 3 is 2.89 bits per heavy atom. The van der Waals surface area contributed by atoms with Crippen LogP contribution in [-0.2, 0) is 4.89 Å². The molecule has 0 unspecified atom stereocenters. The molecule has 0 bridgehead atoms. The number of nitrogens with one attached hydrogen (secondary N) is 1. The lowest BCUT2D eigenvalue weighted by atomic mass is 10.3. The van der Waals surface area contributed by atoms with Crippen LogP contribution < -0.4 is 5.32 Å². The molecule has 0 aromatic heterocycles. The van der Waals surface area contributed by atoms with Crippen LogP contribution >= 0.6 is 0 Å². The van der Waals surface area contributed by atoms with Crippen molar-refractivity contribution in [2.45, 2.75) is 19.8 Å². The molecule has 0 aliphatic carbocycles. The minimum atomic E-state index is -0.788. The van der Waals surface area contributed by atoms with Crippen LogP contribution in [0.3, 0.4) is 0 Å². The highest BCUT2D eigenvalue weighted by Gasteiger charge is 1.95. The van der Waals surface area contributed by atoms with Gasteiger partial charge in [-0.25, -0.2) is 4.79 Å². The third kappa shape index (κ3) is 5.10. The molecule has 54 valence electrons. The van der Waals surface area contributed by atoms with Gasteiger partial charge in [-0.2, -0.15) is 5.26 Å². The highest BCUT2D eigenvalue weighted by atomic mass is 17.1. The van der Waals surface area contributed by atoms with Crippen molar-refractivity contribution in [3.8, 4) is 0 Å². The average molecular weight is 133 g/mol. The van der Waals surface area contributed by atoms with Crippen molar-refractivity contribution in [3.63, 3.8) is 0 Å². The number of amides is 1. The monoisotopic (exact) mass is 133 g/mol. The first kappa shape index (κ1) is 8.23. The van der Waals surface area contributed by atoms with Gasteiger partial charge in [0.25, 0.3) is 0 Å². The van der Waals surface area contributed by atoms with Gasteiger partial charge in [0.05, 0.1) is 0 Å². The average Bonchev–Trinajstić information content (AvgIpc) is 1.89. The van der Waals surface area contributed by atoms with Gasteiger partial charge in [0.15, 0.2) is 0 Å². The van der Waals surface area contributed by atoms with E-state index >= 15 is 0 Å². The van der Waals surface area contributed by atoms with Gasteiger partial charge >= 0.3 is 6.09 Å². The molecule has 0 saturated carbocycles. The van der Waals surface area contributed by atoms with Crippen LogP contribution in [0.25, 0.3) is 0 Å². The fraction of sp³-hybridized carbons (Fsp3) is 0.800. The first-order valence-corrected chi connectivity index (χ1v) is 2.90. The molecular formula is C5H11NO3. The summed E-state index contributed by atoms with van der Waals surface area (Å²) < 4.78 is 0. The molecule has 4 heteroatoms. The van der Waals surface area contributed by atoms with Crippen molar-refractivity contribution in [1.82, 2.24) is 5.32 Å². The van der Waals surface area contributed by atoms with Crippen molar-refractivity contribution in [2.24, 2.45) is 0 Å². The standard InChI is InChI=1S/C5H11NO3/c1-2-3-4-6-5(7)9-8/h8H,2-4H2,1H3,(H,6,7). The van der Waals surface area contributed by atoms with E-state index in [0.717, 1.165) is 12.8 Å². The van der Waals surface area contributed by atoms with E-state index in [9.17, 15) is 4.79 Å². The molecule has 0 aromatic carbocycles. The largest absolute Gasteiger partial charge is 0.438 e. The molecule has 0 radical (unpaired) electrons. The fourth-order valence-electron chi connectivity index (χ4n) is 0.400. The van der Waals surface area contributed by atoms with Gasteiger partial charge in [0, 0.05) is 6.54 Å². The Kier molecular flexibility index (Phi) is 4.91. The highest BCUT2D eigenvalue weighted by Crippen LogP contribution is 1.82. The number of carbonyl (C=O) groups excluding carboxylic acids is 1. The van der Waals surface area contributed by atoms with Crippen LogP contribution in [0.1, 0.15) is 19.8 Å². The minimum absolute atomic E-state index is 0.551. The zero-order chi connectivity index (χ0) is 7.11. The number of hydrogen-bond donors (Lipinski definition) is 2. The second-order valence-electron chi connectivity index (χ2n) is 1.66. The molecule has 1 amide bonds. The SMILES string of the molecule is CCCCNC(=O)OO. The molecule has 0 aliphatic heterocycles. The Balaban J connectivity index is 2.97. The molecule has 0 aromatic rings. The minimum Gasteiger partial charge on any atom is -0.319 e. The van der Waals surface area contributed by atoms with Gasteiger partial charge in [-0.05, 0) is 6.42 Å². The molecule has 0 heterocycles. The zero-order valence-corrected chi connectivity index (χ0v) is 5.39. The normalized spacial score (nSPS) is 8.67. The summed E-state index contributed by atoms with van der Waals surface area (Å²) in [5.41, 5.74) is 0. The summed E-state index contributed by atoms with van der Waals surface area (Å²) in [5.74, 6) is 0. The Morgan fingerprint density at radius 2 is 2.44 bits per heavy atom. The summed E-state index contributed by atoms with van der Waals surface area (Å²) in [6, 6.07) is 0. The predicted octanol–water partition coefficient (Wildman–Crippen LogP) is 0.986. The van der Waals surface area contributed by atoms with Gasteiger partial charge in [-0.3, -0.25) is 4.89 Å². The molecule has 0 rings (SSSR count). The molecule has 9 heavy (non-hydrogen) atoms. The van der Waals surface area contributed by atoms with Crippen molar-refractivity contribution >= 4 is 6.09 Å². The van der Waals surface area contributed by atoms with Crippen molar-refractivity contribution < 1.29 is 14.9 Å². The van der Waals surface area contributed by atoms with E-state index in [1.165, 1.54) is 0 Å². The molecule has 0 aliphatic rings. The third-order valence-corrected chi connectivity index (χ3v) is 0.883. The Labute approximate surface area is 53.7 Å². The lowest BCUT2D eigenvalue weighted by Crippen LogP contribution is -2.23. The number of carbonyl (C=O) groups is 1. The van der Waals surface area contributed by atoms with Crippen LogP contribution in [0, 0.1) is 0 Å². The second kappa shape index (κ2) is 5.37. The smallest absolute Gasteiger partial charge is 0.319 e. The van der Waals surface area contributed by atoms with Crippen LogP contribution in [0.15, 0.2) is 0 Å². The van der Waals surface area contributed by atoms with E-state index in [1.807, 2.05) is 6.92 Å². The summed E-state index contributed by atoms with van der Waals surface area (Å²) in [5, 5.41) is 10.0. The van der Waals surface area contributed by atoms with E-state index in [2.05, 4.69) is 10.2 Å². The van der Waals surface area contributed by atoms with Gasteiger partial charge in [-0.1, -0.05) is 13.3 Å². The lowest BCUT2D eigenvalue weighted by molar-refractivity contribution is -0.177. The molecular weight excluding hydrogens is 122 g/mol. The molecule has 0 fully saturated rings. The highest BCUT2D eigenvalue weighted by molar-refractivity contribution is 5.66. The maximum Gasteiger partial charge on any atom is 0.438 e. The van der Waals surface area contributed by atoms with Crippen molar-refractivity contribution in [1.29, 1.82) is 0 Å². The summed E-state index contributed by atoms with van der Waals surface area (Å²) in [6.45, 7) is 2.56. The van der Waals surface area contributed by atoms with Gasteiger partial charge in [0.1, 0.15) is 0 Å². The zero-order valence-electron chi connectivity index (χ0n) is 5.39. The van der Waals surface area contributed by atoms with E-state index in [1.54, 1.807) is 0 Å². The lowest BCUT2D eigenvalue weighted by Gasteiger charge is -1.97. The first-order chi connectivity index (χ1) is 4.31. The van der Waals surface area contributed by atoms with E-state index in [4.69, 9.17) is 5.26 Å². The Hall–Kier alpha value is -0.770. The Bertz CT molecular complexity index is 84.3. The summed E-state index contributed by atoms with van der Waals surface area (Å²) in [7, 11) is 0. The fourth-order valence-corrected chi connectivity index (χ4v) is 0.400. The second-order valence-corrected chi connectivity index (χ2v) is 1.66. The van der Waals surface area contributed by atoms with Gasteiger partial charge in [0.2, 0.25) is 0 Å². The van der Waals surface area contributed by atoms with E-state index in [0.29, 0.717) is 6.54 Å². The van der Waals surface area contributed by atoms with Crippen molar-refractivity contribution in [3.05, 3.63) is 0 Å². The topological polar surface area (TPSA) is 58.6 Å². The molecule has 4 nitrogen and oxygen atoms in total. The maximum atomic E-state index is 10.1. The first-order valence-electron chi connectivity index (χ1n) is 2.90. The van der Waals surface area contributed by atoms with Crippen LogP contribution in [0.5, 0.6) is 0 Å². The summed E-state index contributed by atoms with van der Waals surface area (Å²) in [6.07, 6.45) is 1.12. The number of rotatable bonds is 3. The summed E-state index contributed by atoms with van der Waals surface area (Å²) >= 11 is 0. The van der Waals surface area contributed by atoms with Crippen LogP contribution in [0.2, 0.25) is 0 Å².